The lowest BCUT2D eigenvalue weighted by Gasteiger charge is -2.40. The minimum absolute atomic E-state index is 0.283. The number of rotatable bonds is 4. The SMILES string of the molecule is CC(=O)N1C(=O)[C@@]2(c3ccccc31)[C@H](c1ccccc1)[C@@H](c1ccc(Cl)cc1)O[C@]21C(=O)N(Cc2ccccc2)c2ccccc21. The van der Waals surface area contributed by atoms with Crippen LogP contribution in [-0.2, 0) is 36.7 Å². The molecule has 1 fully saturated rings. The van der Waals surface area contributed by atoms with E-state index in [-0.39, 0.29) is 12.5 Å². The number of benzene rings is 5. The maximum absolute atomic E-state index is 15.5. The molecule has 8 rings (SSSR count). The topological polar surface area (TPSA) is 66.9 Å². The molecule has 226 valence electrons. The molecule has 0 aliphatic carbocycles. The van der Waals surface area contributed by atoms with Gasteiger partial charge in [0, 0.05) is 23.4 Å². The Bertz CT molecular complexity index is 2020. The van der Waals surface area contributed by atoms with Crippen LogP contribution in [0, 0.1) is 0 Å². The highest BCUT2D eigenvalue weighted by Gasteiger charge is 2.80. The first kappa shape index (κ1) is 28.4. The second kappa shape index (κ2) is 10.5. The summed E-state index contributed by atoms with van der Waals surface area (Å²) in [4.78, 5) is 47.3. The second-order valence-electron chi connectivity index (χ2n) is 12.0. The van der Waals surface area contributed by atoms with Gasteiger partial charge in [-0.25, -0.2) is 4.90 Å². The Labute approximate surface area is 271 Å². The van der Waals surface area contributed by atoms with E-state index >= 15 is 9.59 Å². The number of imide groups is 1. The van der Waals surface area contributed by atoms with Crippen LogP contribution in [0.5, 0.6) is 0 Å². The summed E-state index contributed by atoms with van der Waals surface area (Å²) < 4.78 is 7.31. The van der Waals surface area contributed by atoms with Crippen molar-refractivity contribution in [3.63, 3.8) is 0 Å². The number of ether oxygens (including phenoxy) is 1. The monoisotopic (exact) mass is 624 g/mol. The van der Waals surface area contributed by atoms with Crippen molar-refractivity contribution in [3.05, 3.63) is 166 Å². The predicted molar refractivity (Wildman–Crippen MR) is 176 cm³/mol. The van der Waals surface area contributed by atoms with Crippen molar-refractivity contribution >= 4 is 40.7 Å². The van der Waals surface area contributed by atoms with Gasteiger partial charge in [0.15, 0.2) is 5.60 Å². The fourth-order valence-corrected chi connectivity index (χ4v) is 8.12. The maximum Gasteiger partial charge on any atom is 0.265 e. The van der Waals surface area contributed by atoms with Gasteiger partial charge in [-0.15, -0.1) is 0 Å². The van der Waals surface area contributed by atoms with E-state index in [1.54, 1.807) is 23.1 Å². The highest BCUT2D eigenvalue weighted by molar-refractivity contribution is 6.30. The van der Waals surface area contributed by atoms with Gasteiger partial charge in [-0.3, -0.25) is 14.4 Å². The van der Waals surface area contributed by atoms with Crippen molar-refractivity contribution in [3.8, 4) is 0 Å². The van der Waals surface area contributed by atoms with E-state index < -0.39 is 34.9 Å². The normalized spacial score (nSPS) is 24.6. The first-order chi connectivity index (χ1) is 22.4. The molecule has 2 spiro atoms. The van der Waals surface area contributed by atoms with Gasteiger partial charge < -0.3 is 9.64 Å². The van der Waals surface area contributed by atoms with Crippen LogP contribution in [0.25, 0.3) is 0 Å². The van der Waals surface area contributed by atoms with Crippen LogP contribution >= 0.6 is 11.6 Å². The van der Waals surface area contributed by atoms with E-state index in [2.05, 4.69) is 0 Å². The first-order valence-corrected chi connectivity index (χ1v) is 15.7. The second-order valence-corrected chi connectivity index (χ2v) is 12.5. The lowest BCUT2D eigenvalue weighted by atomic mass is 9.57. The van der Waals surface area contributed by atoms with Crippen LogP contribution in [0.1, 0.15) is 46.8 Å². The third-order valence-corrected chi connectivity index (χ3v) is 9.97. The number of amides is 3. The third kappa shape index (κ3) is 3.71. The Morgan fingerprint density at radius 2 is 1.28 bits per heavy atom. The number of fused-ring (bicyclic) bond motifs is 5. The fourth-order valence-electron chi connectivity index (χ4n) is 7.99. The van der Waals surface area contributed by atoms with Gasteiger partial charge in [0.2, 0.25) is 11.8 Å². The molecule has 3 aliphatic rings. The molecule has 3 heterocycles. The largest absolute Gasteiger partial charge is 0.350 e. The van der Waals surface area contributed by atoms with Crippen LogP contribution in [0.4, 0.5) is 11.4 Å². The summed E-state index contributed by atoms with van der Waals surface area (Å²) in [6.07, 6.45) is -0.753. The van der Waals surface area contributed by atoms with E-state index in [1.807, 2.05) is 115 Å². The molecule has 46 heavy (non-hydrogen) atoms. The van der Waals surface area contributed by atoms with Crippen molar-refractivity contribution in [1.82, 2.24) is 0 Å². The zero-order valence-electron chi connectivity index (χ0n) is 25.0. The summed E-state index contributed by atoms with van der Waals surface area (Å²) >= 11 is 6.34. The summed E-state index contributed by atoms with van der Waals surface area (Å²) in [5, 5.41) is 0.559. The van der Waals surface area contributed by atoms with E-state index in [9.17, 15) is 4.79 Å². The van der Waals surface area contributed by atoms with Gasteiger partial charge in [0.05, 0.1) is 24.0 Å². The Balaban J connectivity index is 1.49. The quantitative estimate of drug-likeness (QED) is 0.208. The van der Waals surface area contributed by atoms with Gasteiger partial charge in [-0.1, -0.05) is 121 Å². The number of hydrogen-bond donors (Lipinski definition) is 0. The molecule has 1 saturated heterocycles. The highest BCUT2D eigenvalue weighted by atomic mass is 35.5. The van der Waals surface area contributed by atoms with Crippen LogP contribution in [0.15, 0.2) is 133 Å². The average Bonchev–Trinajstić information content (AvgIpc) is 3.64. The Morgan fingerprint density at radius 1 is 0.696 bits per heavy atom. The van der Waals surface area contributed by atoms with Gasteiger partial charge >= 0.3 is 0 Å². The van der Waals surface area contributed by atoms with Crippen molar-refractivity contribution < 1.29 is 19.1 Å². The molecule has 0 aromatic heterocycles. The number of anilines is 2. The van der Waals surface area contributed by atoms with Crippen molar-refractivity contribution in [2.75, 3.05) is 9.80 Å². The smallest absolute Gasteiger partial charge is 0.265 e. The minimum Gasteiger partial charge on any atom is -0.350 e. The van der Waals surface area contributed by atoms with E-state index in [0.29, 0.717) is 27.5 Å². The standard InChI is InChI=1S/C39H29ClN2O4/c1-25(43)42-33-19-11-8-16-30(33)38(36(42)44)34(27-14-6-3-7-15-27)35(28-20-22-29(40)23-21-28)46-39(38)31-17-9-10-18-32(31)41(37(39)45)24-26-12-4-2-5-13-26/h2-23,34-35H,24H2,1H3/t34-,35-,38-,39-/m1/s1. The number of para-hydroxylation sites is 2. The van der Waals surface area contributed by atoms with Crippen LogP contribution in [0.3, 0.4) is 0 Å². The average molecular weight is 625 g/mol. The van der Waals surface area contributed by atoms with Gasteiger partial charge in [-0.05, 0) is 46.5 Å². The number of hydrogen-bond acceptors (Lipinski definition) is 4. The maximum atomic E-state index is 15.5. The summed E-state index contributed by atoms with van der Waals surface area (Å²) in [7, 11) is 0. The third-order valence-electron chi connectivity index (χ3n) is 9.71. The molecule has 5 aromatic carbocycles. The lowest BCUT2D eigenvalue weighted by Crippen LogP contribution is -2.59. The van der Waals surface area contributed by atoms with Crippen LogP contribution in [0.2, 0.25) is 5.02 Å². The molecule has 5 aromatic rings. The zero-order valence-corrected chi connectivity index (χ0v) is 25.7. The van der Waals surface area contributed by atoms with Crippen molar-refractivity contribution in [2.24, 2.45) is 0 Å². The lowest BCUT2D eigenvalue weighted by molar-refractivity contribution is -0.154. The Hall–Kier alpha value is -5.04. The van der Waals surface area contributed by atoms with Gasteiger partial charge in [-0.2, -0.15) is 0 Å². The molecular formula is C39H29ClN2O4. The Morgan fingerprint density at radius 3 is 1.96 bits per heavy atom. The van der Waals surface area contributed by atoms with Crippen molar-refractivity contribution in [1.29, 1.82) is 0 Å². The molecular weight excluding hydrogens is 596 g/mol. The molecule has 0 saturated carbocycles. The minimum atomic E-state index is -1.80. The fraction of sp³-hybridized carbons (Fsp3) is 0.154. The molecule has 7 heteroatoms. The Kier molecular flexibility index (Phi) is 6.50. The van der Waals surface area contributed by atoms with Crippen LogP contribution in [-0.4, -0.2) is 17.7 Å². The number of carbonyl (C=O) groups excluding carboxylic acids is 3. The summed E-state index contributed by atoms with van der Waals surface area (Å²) in [6, 6.07) is 41.7. The summed E-state index contributed by atoms with van der Waals surface area (Å²) in [5.74, 6) is -1.94. The van der Waals surface area contributed by atoms with Gasteiger partial charge in [0.1, 0.15) is 5.41 Å². The molecule has 3 aliphatic heterocycles. The van der Waals surface area contributed by atoms with E-state index in [0.717, 1.165) is 16.7 Å². The molecule has 0 radical (unpaired) electrons. The number of carbonyl (C=O) groups is 3. The molecule has 4 atom stereocenters. The first-order valence-electron chi connectivity index (χ1n) is 15.3. The molecule has 0 bridgehead atoms. The van der Waals surface area contributed by atoms with E-state index in [4.69, 9.17) is 16.3 Å². The van der Waals surface area contributed by atoms with Gasteiger partial charge in [0.25, 0.3) is 5.91 Å². The summed E-state index contributed by atoms with van der Waals surface area (Å²) in [6.45, 7) is 1.67. The molecule has 6 nitrogen and oxygen atoms in total. The number of halogens is 1. The molecule has 3 amide bonds. The highest BCUT2D eigenvalue weighted by Crippen LogP contribution is 2.72. The van der Waals surface area contributed by atoms with E-state index in [1.165, 1.54) is 11.8 Å². The number of nitrogens with zero attached hydrogens (tertiary/aromatic N) is 2. The van der Waals surface area contributed by atoms with Crippen LogP contribution < -0.4 is 9.80 Å². The predicted octanol–water partition coefficient (Wildman–Crippen LogP) is 7.47. The zero-order chi connectivity index (χ0) is 31.6. The summed E-state index contributed by atoms with van der Waals surface area (Å²) in [5.41, 5.74) is 1.41. The molecule has 0 unspecified atom stereocenters. The van der Waals surface area contributed by atoms with Crippen molar-refractivity contribution in [2.45, 2.75) is 36.5 Å². The molecule has 0 N–H and O–H groups in total.